The summed E-state index contributed by atoms with van der Waals surface area (Å²) in [6, 6.07) is 1.97. The van der Waals surface area contributed by atoms with Crippen molar-refractivity contribution in [3.8, 4) is 0 Å². The van der Waals surface area contributed by atoms with Crippen molar-refractivity contribution < 1.29 is 13.9 Å². The van der Waals surface area contributed by atoms with Gasteiger partial charge in [0.2, 0.25) is 11.9 Å². The van der Waals surface area contributed by atoms with E-state index in [1.807, 2.05) is 6.07 Å². The summed E-state index contributed by atoms with van der Waals surface area (Å²) in [7, 11) is 0. The molecule has 2 aromatic rings. The number of carbonyl (C=O) groups is 1. The lowest BCUT2D eigenvalue weighted by Gasteiger charge is -2.40. The molecule has 4 rings (SSSR count). The first-order chi connectivity index (χ1) is 12.5. The van der Waals surface area contributed by atoms with Gasteiger partial charge in [-0.05, 0) is 31.0 Å². The predicted molar refractivity (Wildman–Crippen MR) is 96.6 cm³/mol. The van der Waals surface area contributed by atoms with Gasteiger partial charge in [-0.1, -0.05) is 22.9 Å². The van der Waals surface area contributed by atoms with E-state index in [-0.39, 0.29) is 11.0 Å². The highest BCUT2D eigenvalue weighted by Crippen LogP contribution is 2.44. The van der Waals surface area contributed by atoms with Gasteiger partial charge in [0, 0.05) is 31.8 Å². The second kappa shape index (κ2) is 6.84. The minimum Gasteiger partial charge on any atom is -0.364 e. The van der Waals surface area contributed by atoms with E-state index in [2.05, 4.69) is 20.2 Å². The molecule has 0 radical (unpaired) electrons. The number of nitrogens with one attached hydrogen (secondary N) is 1. The summed E-state index contributed by atoms with van der Waals surface area (Å²) in [6.45, 7) is 3.78. The molecule has 1 fully saturated rings. The maximum atomic E-state index is 14.1. The van der Waals surface area contributed by atoms with E-state index in [1.54, 1.807) is 6.20 Å². The van der Waals surface area contributed by atoms with Crippen LogP contribution in [0.2, 0.25) is 5.15 Å². The first kappa shape index (κ1) is 17.8. The summed E-state index contributed by atoms with van der Waals surface area (Å²) in [5, 5.41) is 3.31. The molecule has 0 bridgehead atoms. The van der Waals surface area contributed by atoms with Crippen LogP contribution >= 0.6 is 22.9 Å². The fraction of sp³-hybridized carbons (Fsp3) is 0.471. The number of pyridine rings is 1. The largest absolute Gasteiger partial charge is 0.364 e. The lowest BCUT2D eigenvalue weighted by Crippen LogP contribution is -2.45. The Balaban J connectivity index is 1.53. The predicted octanol–water partition coefficient (Wildman–Crippen LogP) is 3.31. The van der Waals surface area contributed by atoms with Gasteiger partial charge in [-0.3, -0.25) is 9.69 Å². The summed E-state index contributed by atoms with van der Waals surface area (Å²) < 4.78 is 20.3. The number of carbonyl (C=O) groups excluding carboxylic acids is 1. The van der Waals surface area contributed by atoms with Gasteiger partial charge in [0.25, 0.3) is 0 Å². The molecule has 1 N–H and O–H groups in total. The molecule has 9 heteroatoms. The van der Waals surface area contributed by atoms with Crippen LogP contribution in [0, 0.1) is 5.95 Å². The van der Waals surface area contributed by atoms with Crippen LogP contribution in [0.4, 0.5) is 9.52 Å². The summed E-state index contributed by atoms with van der Waals surface area (Å²) in [5.41, 5.74) is 1.63. The molecule has 0 aliphatic carbocycles. The van der Waals surface area contributed by atoms with Crippen LogP contribution in [0.15, 0.2) is 12.3 Å². The van der Waals surface area contributed by atoms with Crippen molar-refractivity contribution in [2.45, 2.75) is 38.5 Å². The maximum Gasteiger partial charge on any atom is 0.230 e. The highest BCUT2D eigenvalue weighted by molar-refractivity contribution is 7.15. The lowest BCUT2D eigenvalue weighted by molar-refractivity contribution is -0.114. The highest BCUT2D eigenvalue weighted by Gasteiger charge is 2.44. The van der Waals surface area contributed by atoms with Crippen molar-refractivity contribution in [2.24, 2.45) is 0 Å². The van der Waals surface area contributed by atoms with Crippen molar-refractivity contribution in [1.82, 2.24) is 14.9 Å². The minimum absolute atomic E-state index is 0.260. The lowest BCUT2D eigenvalue weighted by atomic mass is 9.85. The van der Waals surface area contributed by atoms with Gasteiger partial charge in [-0.2, -0.15) is 9.37 Å². The first-order valence-corrected chi connectivity index (χ1v) is 9.59. The minimum atomic E-state index is -0.529. The summed E-state index contributed by atoms with van der Waals surface area (Å²) >= 11 is 7.38. The molecule has 2 aliphatic heterocycles. The third kappa shape index (κ3) is 3.22. The van der Waals surface area contributed by atoms with Crippen molar-refractivity contribution in [1.29, 1.82) is 0 Å². The average molecular weight is 397 g/mol. The van der Waals surface area contributed by atoms with Gasteiger partial charge < -0.3 is 10.1 Å². The smallest absolute Gasteiger partial charge is 0.230 e. The number of halogens is 2. The molecule has 0 unspecified atom stereocenters. The Kier molecular flexibility index (Phi) is 4.68. The van der Waals surface area contributed by atoms with Gasteiger partial charge in [0.15, 0.2) is 5.13 Å². The number of hydrogen-bond donors (Lipinski definition) is 1. The van der Waals surface area contributed by atoms with Crippen LogP contribution in [-0.2, 0) is 28.3 Å². The summed E-state index contributed by atoms with van der Waals surface area (Å²) in [6.07, 6.45) is 3.55. The van der Waals surface area contributed by atoms with Gasteiger partial charge >= 0.3 is 0 Å². The SMILES string of the molecule is CC(=O)Nc1nc(F)c(CN2CCC[C@@]3(C2)OCc2c3ccnc2Cl)s1. The fourth-order valence-corrected chi connectivity index (χ4v) is 4.88. The van der Waals surface area contributed by atoms with Crippen molar-refractivity contribution in [3.05, 3.63) is 39.4 Å². The first-order valence-electron chi connectivity index (χ1n) is 8.40. The van der Waals surface area contributed by atoms with Crippen molar-refractivity contribution >= 4 is 34.0 Å². The molecule has 0 aromatic carbocycles. The number of rotatable bonds is 3. The zero-order chi connectivity index (χ0) is 18.3. The van der Waals surface area contributed by atoms with E-state index in [9.17, 15) is 9.18 Å². The van der Waals surface area contributed by atoms with Crippen LogP contribution in [0.25, 0.3) is 0 Å². The molecule has 138 valence electrons. The molecule has 1 amide bonds. The topological polar surface area (TPSA) is 67.4 Å². The van der Waals surface area contributed by atoms with E-state index in [1.165, 1.54) is 18.3 Å². The molecule has 0 saturated carbocycles. The third-order valence-corrected chi connectivity index (χ3v) is 6.08. The highest BCUT2D eigenvalue weighted by atomic mass is 35.5. The number of nitrogens with zero attached hydrogens (tertiary/aromatic N) is 3. The number of likely N-dealkylation sites (tertiary alicyclic amines) is 1. The number of amides is 1. The molecular formula is C17H18ClFN4O2S. The number of ether oxygens (including phenoxy) is 1. The van der Waals surface area contributed by atoms with Crippen molar-refractivity contribution in [3.63, 3.8) is 0 Å². The summed E-state index contributed by atoms with van der Waals surface area (Å²) in [5.74, 6) is -0.790. The molecule has 1 spiro atoms. The normalized spacial score (nSPS) is 22.6. The Hall–Kier alpha value is -1.61. The molecule has 2 aromatic heterocycles. The average Bonchev–Trinajstić information content (AvgIpc) is 3.10. The van der Waals surface area contributed by atoms with Gasteiger partial charge in [-0.15, -0.1) is 0 Å². The molecular weight excluding hydrogens is 379 g/mol. The third-order valence-electron chi connectivity index (χ3n) is 4.82. The number of fused-ring (bicyclic) bond motifs is 2. The van der Waals surface area contributed by atoms with Gasteiger partial charge in [-0.25, -0.2) is 4.98 Å². The Bertz CT molecular complexity index is 861. The zero-order valence-electron chi connectivity index (χ0n) is 14.2. The number of piperidine rings is 1. The standard InChI is InChI=1S/C17H18ClFN4O2S/c1-10(24)21-16-22-15(19)13(26-16)7-23-6-2-4-17(9-23)12-3-5-20-14(18)11(12)8-25-17/h3,5H,2,4,6-9H2,1H3,(H,21,22,24)/t17-/m0/s1. The quantitative estimate of drug-likeness (QED) is 0.806. The zero-order valence-corrected chi connectivity index (χ0v) is 15.8. The van der Waals surface area contributed by atoms with E-state index in [0.29, 0.717) is 29.7 Å². The van der Waals surface area contributed by atoms with Crippen LogP contribution in [0.5, 0.6) is 0 Å². The Labute approximate surface area is 159 Å². The van der Waals surface area contributed by atoms with Crippen LogP contribution < -0.4 is 5.32 Å². The number of thiazole rings is 1. The van der Waals surface area contributed by atoms with E-state index < -0.39 is 11.5 Å². The van der Waals surface area contributed by atoms with E-state index in [0.717, 1.165) is 30.5 Å². The Morgan fingerprint density at radius 3 is 3.23 bits per heavy atom. The second-order valence-electron chi connectivity index (χ2n) is 6.64. The van der Waals surface area contributed by atoms with Gasteiger partial charge in [0.1, 0.15) is 10.8 Å². The number of anilines is 1. The molecule has 1 saturated heterocycles. The van der Waals surface area contributed by atoms with Gasteiger partial charge in [0.05, 0.1) is 11.5 Å². The fourth-order valence-electron chi connectivity index (χ4n) is 3.74. The molecule has 1 atom stereocenters. The van der Waals surface area contributed by atoms with Crippen LogP contribution in [0.3, 0.4) is 0 Å². The van der Waals surface area contributed by atoms with Crippen LogP contribution in [-0.4, -0.2) is 33.9 Å². The van der Waals surface area contributed by atoms with Crippen LogP contribution in [0.1, 0.15) is 35.8 Å². The number of hydrogen-bond acceptors (Lipinski definition) is 6. The summed E-state index contributed by atoms with van der Waals surface area (Å²) in [4.78, 5) is 21.7. The Morgan fingerprint density at radius 2 is 2.42 bits per heavy atom. The Morgan fingerprint density at radius 1 is 1.58 bits per heavy atom. The second-order valence-corrected chi connectivity index (χ2v) is 8.08. The van der Waals surface area contributed by atoms with E-state index >= 15 is 0 Å². The number of aromatic nitrogens is 2. The molecule has 26 heavy (non-hydrogen) atoms. The molecule has 6 nitrogen and oxygen atoms in total. The molecule has 2 aliphatic rings. The van der Waals surface area contributed by atoms with E-state index in [4.69, 9.17) is 16.3 Å². The molecule has 4 heterocycles. The van der Waals surface area contributed by atoms with Crippen molar-refractivity contribution in [2.75, 3.05) is 18.4 Å². The monoisotopic (exact) mass is 396 g/mol. The maximum absolute atomic E-state index is 14.1.